The molecule has 0 aliphatic carbocycles. The summed E-state index contributed by atoms with van der Waals surface area (Å²) in [6.07, 6.45) is 2.39. The number of anilines is 2. The van der Waals surface area contributed by atoms with E-state index in [1.165, 1.54) is 0 Å². The number of methoxy groups -OCH3 is 2. The molecule has 0 radical (unpaired) electrons. The Morgan fingerprint density at radius 2 is 1.50 bits per heavy atom. The van der Waals surface area contributed by atoms with Crippen LogP contribution in [0, 0.1) is 0 Å². The molecular formula is C25H28N2O4S. The minimum absolute atomic E-state index is 0.220. The van der Waals surface area contributed by atoms with Gasteiger partial charge in [0.1, 0.15) is 5.75 Å². The van der Waals surface area contributed by atoms with E-state index in [1.54, 1.807) is 38.5 Å². The lowest BCUT2D eigenvalue weighted by Crippen LogP contribution is -2.39. The van der Waals surface area contributed by atoms with Crippen LogP contribution >= 0.6 is 0 Å². The summed E-state index contributed by atoms with van der Waals surface area (Å²) in [5, 5.41) is 0. The topological polar surface area (TPSA) is 67.9 Å². The van der Waals surface area contributed by atoms with Crippen molar-refractivity contribution in [1.29, 1.82) is 0 Å². The molecule has 1 fully saturated rings. The van der Waals surface area contributed by atoms with Gasteiger partial charge in [-0.05, 0) is 72.5 Å². The second-order valence-electron chi connectivity index (χ2n) is 7.85. The van der Waals surface area contributed by atoms with E-state index < -0.39 is 10.0 Å². The van der Waals surface area contributed by atoms with E-state index in [1.807, 2.05) is 48.5 Å². The second-order valence-corrected chi connectivity index (χ2v) is 9.53. The Kier molecular flexibility index (Phi) is 6.67. The average molecular weight is 453 g/mol. The number of hydrogen-bond donors (Lipinski definition) is 1. The quantitative estimate of drug-likeness (QED) is 0.559. The highest BCUT2D eigenvalue weighted by atomic mass is 32.2. The number of benzene rings is 3. The minimum Gasteiger partial charge on any atom is -0.497 e. The summed E-state index contributed by atoms with van der Waals surface area (Å²) in [6, 6.07) is 22.0. The van der Waals surface area contributed by atoms with Crippen LogP contribution in [0.4, 0.5) is 11.4 Å². The van der Waals surface area contributed by atoms with Crippen molar-refractivity contribution in [3.63, 3.8) is 0 Å². The molecule has 0 amide bonds. The first-order valence-corrected chi connectivity index (χ1v) is 12.1. The maximum absolute atomic E-state index is 12.8. The van der Waals surface area contributed by atoms with Crippen LogP contribution in [-0.4, -0.2) is 41.8 Å². The Bertz CT molecular complexity index is 1130. The standard InChI is InChI=1S/C25H28N2O4S/c1-30-23-13-5-19(6-14-23)20-7-15-25(16-8-20)32(28,29)26-21-9-11-22(12-10-21)27-17-3-4-24(18-27)31-2/h5-16,24,26H,3-4,17-18H2,1-2H3. The SMILES string of the molecule is COc1ccc(-c2ccc(S(=O)(=O)Nc3ccc(N4CCCC(OC)C4)cc3)cc2)cc1. The zero-order valence-electron chi connectivity index (χ0n) is 18.3. The minimum atomic E-state index is -3.68. The van der Waals surface area contributed by atoms with Crippen LogP contribution in [0.2, 0.25) is 0 Å². The first kappa shape index (κ1) is 22.2. The van der Waals surface area contributed by atoms with Crippen LogP contribution in [0.15, 0.2) is 77.7 Å². The molecule has 1 N–H and O–H groups in total. The molecule has 168 valence electrons. The summed E-state index contributed by atoms with van der Waals surface area (Å²) < 4.78 is 39.0. The fourth-order valence-corrected chi connectivity index (χ4v) is 4.99. The molecule has 4 rings (SSSR count). The van der Waals surface area contributed by atoms with E-state index in [0.717, 1.165) is 48.5 Å². The molecule has 0 saturated carbocycles. The molecule has 1 unspecified atom stereocenters. The first-order valence-electron chi connectivity index (χ1n) is 10.6. The van der Waals surface area contributed by atoms with Crippen molar-refractivity contribution >= 4 is 21.4 Å². The zero-order valence-corrected chi connectivity index (χ0v) is 19.1. The molecule has 3 aromatic carbocycles. The van der Waals surface area contributed by atoms with Crippen molar-refractivity contribution in [2.75, 3.05) is 36.9 Å². The molecule has 1 aliphatic heterocycles. The molecule has 1 atom stereocenters. The predicted octanol–water partition coefficient (Wildman–Crippen LogP) is 4.78. The zero-order chi connectivity index (χ0) is 22.6. The largest absolute Gasteiger partial charge is 0.497 e. The van der Waals surface area contributed by atoms with E-state index in [0.29, 0.717) is 5.69 Å². The highest BCUT2D eigenvalue weighted by molar-refractivity contribution is 7.92. The summed E-state index contributed by atoms with van der Waals surface area (Å²) in [4.78, 5) is 2.49. The highest BCUT2D eigenvalue weighted by Crippen LogP contribution is 2.26. The lowest BCUT2D eigenvalue weighted by molar-refractivity contribution is 0.0893. The number of nitrogens with one attached hydrogen (secondary N) is 1. The van der Waals surface area contributed by atoms with E-state index in [9.17, 15) is 8.42 Å². The first-order chi connectivity index (χ1) is 15.5. The van der Waals surface area contributed by atoms with Gasteiger partial charge in [0.05, 0.1) is 18.1 Å². The molecule has 1 heterocycles. The van der Waals surface area contributed by atoms with Crippen molar-refractivity contribution in [1.82, 2.24) is 0 Å². The fourth-order valence-electron chi connectivity index (χ4n) is 3.93. The highest BCUT2D eigenvalue weighted by Gasteiger charge is 2.20. The van der Waals surface area contributed by atoms with Gasteiger partial charge in [-0.25, -0.2) is 8.42 Å². The van der Waals surface area contributed by atoms with Crippen LogP contribution in [0.25, 0.3) is 11.1 Å². The Morgan fingerprint density at radius 1 is 0.875 bits per heavy atom. The van der Waals surface area contributed by atoms with Gasteiger partial charge < -0.3 is 14.4 Å². The third kappa shape index (κ3) is 5.06. The van der Waals surface area contributed by atoms with E-state index in [2.05, 4.69) is 9.62 Å². The number of hydrogen-bond acceptors (Lipinski definition) is 5. The molecule has 7 heteroatoms. The summed E-state index contributed by atoms with van der Waals surface area (Å²) in [6.45, 7) is 1.83. The van der Waals surface area contributed by atoms with Crippen molar-refractivity contribution in [2.24, 2.45) is 0 Å². The van der Waals surface area contributed by atoms with Gasteiger partial charge in [-0.15, -0.1) is 0 Å². The maximum atomic E-state index is 12.8. The molecule has 0 spiro atoms. The van der Waals surface area contributed by atoms with Gasteiger partial charge in [0, 0.05) is 31.6 Å². The Morgan fingerprint density at radius 3 is 2.09 bits per heavy atom. The van der Waals surface area contributed by atoms with Gasteiger partial charge in [-0.3, -0.25) is 4.72 Å². The number of sulfonamides is 1. The molecule has 3 aromatic rings. The summed E-state index contributed by atoms with van der Waals surface area (Å²) in [7, 11) is -0.307. The third-order valence-corrected chi connectivity index (χ3v) is 7.18. The van der Waals surface area contributed by atoms with Gasteiger partial charge in [0.25, 0.3) is 10.0 Å². The Hall–Kier alpha value is -3.03. The molecular weight excluding hydrogens is 424 g/mol. The van der Waals surface area contributed by atoms with Gasteiger partial charge in [-0.2, -0.15) is 0 Å². The number of rotatable bonds is 7. The number of nitrogens with zero attached hydrogens (tertiary/aromatic N) is 1. The smallest absolute Gasteiger partial charge is 0.261 e. The van der Waals surface area contributed by atoms with Gasteiger partial charge in [0.2, 0.25) is 0 Å². The van der Waals surface area contributed by atoms with Crippen LogP contribution in [0.3, 0.4) is 0 Å². The number of ether oxygens (including phenoxy) is 2. The normalized spacial score (nSPS) is 16.6. The summed E-state index contributed by atoms with van der Waals surface area (Å²) in [5.74, 6) is 0.780. The van der Waals surface area contributed by atoms with Crippen molar-refractivity contribution in [3.8, 4) is 16.9 Å². The Labute approximate surface area is 189 Å². The van der Waals surface area contributed by atoms with E-state index in [4.69, 9.17) is 9.47 Å². The van der Waals surface area contributed by atoms with E-state index in [-0.39, 0.29) is 11.0 Å². The van der Waals surface area contributed by atoms with Gasteiger partial charge in [0.15, 0.2) is 0 Å². The predicted molar refractivity (Wildman–Crippen MR) is 128 cm³/mol. The van der Waals surface area contributed by atoms with E-state index >= 15 is 0 Å². The van der Waals surface area contributed by atoms with Crippen LogP contribution in [0.1, 0.15) is 12.8 Å². The average Bonchev–Trinajstić information content (AvgIpc) is 2.84. The molecule has 0 bridgehead atoms. The van der Waals surface area contributed by atoms with Crippen molar-refractivity contribution in [2.45, 2.75) is 23.8 Å². The molecule has 1 aliphatic rings. The molecule has 1 saturated heterocycles. The fraction of sp³-hybridized carbons (Fsp3) is 0.280. The monoisotopic (exact) mass is 452 g/mol. The molecule has 32 heavy (non-hydrogen) atoms. The van der Waals surface area contributed by atoms with Crippen LogP contribution < -0.4 is 14.4 Å². The second kappa shape index (κ2) is 9.63. The van der Waals surface area contributed by atoms with Gasteiger partial charge in [-0.1, -0.05) is 24.3 Å². The Balaban J connectivity index is 1.44. The summed E-state index contributed by atoms with van der Waals surface area (Å²) in [5.41, 5.74) is 3.53. The lowest BCUT2D eigenvalue weighted by atomic mass is 10.1. The number of piperidine rings is 1. The maximum Gasteiger partial charge on any atom is 0.261 e. The lowest BCUT2D eigenvalue weighted by Gasteiger charge is -2.33. The molecule has 6 nitrogen and oxygen atoms in total. The van der Waals surface area contributed by atoms with Gasteiger partial charge >= 0.3 is 0 Å². The summed E-state index contributed by atoms with van der Waals surface area (Å²) >= 11 is 0. The van der Waals surface area contributed by atoms with Crippen molar-refractivity contribution in [3.05, 3.63) is 72.8 Å². The van der Waals surface area contributed by atoms with Crippen LogP contribution in [-0.2, 0) is 14.8 Å². The van der Waals surface area contributed by atoms with Crippen LogP contribution in [0.5, 0.6) is 5.75 Å². The third-order valence-electron chi connectivity index (χ3n) is 5.78. The van der Waals surface area contributed by atoms with Crippen molar-refractivity contribution < 1.29 is 17.9 Å². The molecule has 0 aromatic heterocycles.